The van der Waals surface area contributed by atoms with Gasteiger partial charge in [0, 0.05) is 17.6 Å². The van der Waals surface area contributed by atoms with Crippen LogP contribution < -0.4 is 10.1 Å². The van der Waals surface area contributed by atoms with Crippen molar-refractivity contribution in [3.63, 3.8) is 0 Å². The minimum absolute atomic E-state index is 0.0754. The van der Waals surface area contributed by atoms with Gasteiger partial charge < -0.3 is 15.0 Å². The number of nitrogens with zero attached hydrogens (tertiary/aromatic N) is 1. The predicted molar refractivity (Wildman–Crippen MR) is 137 cm³/mol. The summed E-state index contributed by atoms with van der Waals surface area (Å²) >= 11 is 6.27. The van der Waals surface area contributed by atoms with E-state index in [2.05, 4.69) is 11.4 Å². The summed E-state index contributed by atoms with van der Waals surface area (Å²) in [5.74, 6) is 0.314. The van der Waals surface area contributed by atoms with Crippen LogP contribution in [0.4, 0.5) is 0 Å². The fourth-order valence-corrected chi connectivity index (χ4v) is 4.80. The van der Waals surface area contributed by atoms with Crippen molar-refractivity contribution in [2.45, 2.75) is 84.8 Å². The molecule has 3 rings (SSSR count). The average molecular weight is 485 g/mol. The van der Waals surface area contributed by atoms with Gasteiger partial charge in [0.2, 0.25) is 5.91 Å². The molecule has 2 amide bonds. The Kier molecular flexibility index (Phi) is 9.40. The Morgan fingerprint density at radius 3 is 2.38 bits per heavy atom. The number of nitrogens with one attached hydrogen (secondary N) is 1. The third kappa shape index (κ3) is 6.99. The molecule has 0 aromatic heterocycles. The molecule has 1 fully saturated rings. The molecule has 0 spiro atoms. The molecule has 1 atom stereocenters. The highest BCUT2D eigenvalue weighted by Gasteiger charge is 2.30. The lowest BCUT2D eigenvalue weighted by atomic mass is 9.95. The van der Waals surface area contributed by atoms with Crippen LogP contribution in [0.25, 0.3) is 0 Å². The highest BCUT2D eigenvalue weighted by molar-refractivity contribution is 6.32. The van der Waals surface area contributed by atoms with Crippen LogP contribution in [0.3, 0.4) is 0 Å². The molecule has 0 unspecified atom stereocenters. The summed E-state index contributed by atoms with van der Waals surface area (Å²) in [6, 6.07) is 11.4. The monoisotopic (exact) mass is 484 g/mol. The van der Waals surface area contributed by atoms with Crippen molar-refractivity contribution in [1.82, 2.24) is 10.2 Å². The smallest absolute Gasteiger partial charge is 0.261 e. The standard InChI is InChI=1S/C28H37ClN2O3/c1-5-25(28(33)30-23-12-7-6-8-13-23)31(17-22-11-9-10-19(2)14-22)26(32)18-34-24-15-20(3)27(29)21(4)16-24/h9-11,14-16,23,25H,5-8,12-13,17-18H2,1-4H3,(H,30,33)/t25-/m0/s1. The molecule has 184 valence electrons. The summed E-state index contributed by atoms with van der Waals surface area (Å²) in [5, 5.41) is 3.91. The van der Waals surface area contributed by atoms with Gasteiger partial charge in [0.05, 0.1) is 0 Å². The van der Waals surface area contributed by atoms with E-state index in [4.69, 9.17) is 16.3 Å². The summed E-state index contributed by atoms with van der Waals surface area (Å²) in [6.45, 7) is 8.03. The molecule has 0 heterocycles. The number of ether oxygens (including phenoxy) is 1. The number of benzene rings is 2. The van der Waals surface area contributed by atoms with E-state index in [0.29, 0.717) is 23.7 Å². The van der Waals surface area contributed by atoms with Crippen molar-refractivity contribution >= 4 is 23.4 Å². The molecule has 5 nitrogen and oxygen atoms in total. The van der Waals surface area contributed by atoms with Crippen LogP contribution in [0.1, 0.15) is 67.7 Å². The second-order valence-corrected chi connectivity index (χ2v) is 9.82. The van der Waals surface area contributed by atoms with E-state index in [1.165, 1.54) is 6.42 Å². The van der Waals surface area contributed by atoms with Crippen LogP contribution in [0.2, 0.25) is 5.02 Å². The van der Waals surface area contributed by atoms with Crippen LogP contribution in [-0.4, -0.2) is 35.4 Å². The zero-order valence-corrected chi connectivity index (χ0v) is 21.6. The first kappa shape index (κ1) is 26.1. The second-order valence-electron chi connectivity index (χ2n) is 9.44. The summed E-state index contributed by atoms with van der Waals surface area (Å²) < 4.78 is 5.87. The van der Waals surface area contributed by atoms with Gasteiger partial charge in [0.25, 0.3) is 5.91 Å². The molecular weight excluding hydrogens is 448 g/mol. The van der Waals surface area contributed by atoms with E-state index in [0.717, 1.165) is 47.9 Å². The van der Waals surface area contributed by atoms with Crippen LogP contribution in [0, 0.1) is 20.8 Å². The maximum absolute atomic E-state index is 13.4. The van der Waals surface area contributed by atoms with E-state index in [-0.39, 0.29) is 24.5 Å². The first-order valence-corrected chi connectivity index (χ1v) is 12.7. The molecule has 0 radical (unpaired) electrons. The third-order valence-corrected chi connectivity index (χ3v) is 7.14. The Hall–Kier alpha value is -2.53. The highest BCUT2D eigenvalue weighted by Crippen LogP contribution is 2.26. The number of hydrogen-bond donors (Lipinski definition) is 1. The van der Waals surface area contributed by atoms with Gasteiger partial charge in [-0.2, -0.15) is 0 Å². The Bertz CT molecular complexity index is 978. The first-order chi connectivity index (χ1) is 16.3. The fraction of sp³-hybridized carbons (Fsp3) is 0.500. The SMILES string of the molecule is CC[C@@H](C(=O)NC1CCCCC1)N(Cc1cccc(C)c1)C(=O)COc1cc(C)c(Cl)c(C)c1. The van der Waals surface area contributed by atoms with Crippen LogP contribution in [0.15, 0.2) is 36.4 Å². The van der Waals surface area contributed by atoms with Gasteiger partial charge in [-0.25, -0.2) is 0 Å². The molecule has 1 aliphatic carbocycles. The molecule has 0 saturated heterocycles. The van der Waals surface area contributed by atoms with Gasteiger partial charge in [-0.1, -0.05) is 67.6 Å². The van der Waals surface area contributed by atoms with Gasteiger partial charge in [-0.3, -0.25) is 9.59 Å². The molecule has 2 aromatic rings. The highest BCUT2D eigenvalue weighted by atomic mass is 35.5. The number of carbonyl (C=O) groups excluding carboxylic acids is 2. The van der Waals surface area contributed by atoms with Gasteiger partial charge in [-0.05, 0) is 68.9 Å². The minimum Gasteiger partial charge on any atom is -0.484 e. The first-order valence-electron chi connectivity index (χ1n) is 12.3. The van der Waals surface area contributed by atoms with Crippen molar-refractivity contribution in [2.24, 2.45) is 0 Å². The zero-order valence-electron chi connectivity index (χ0n) is 20.8. The molecule has 2 aromatic carbocycles. The number of hydrogen-bond acceptors (Lipinski definition) is 3. The number of aryl methyl sites for hydroxylation is 3. The van der Waals surface area contributed by atoms with E-state index >= 15 is 0 Å². The summed E-state index contributed by atoms with van der Waals surface area (Å²) in [7, 11) is 0. The van der Waals surface area contributed by atoms with Crippen LogP contribution >= 0.6 is 11.6 Å². The molecule has 1 N–H and O–H groups in total. The average Bonchev–Trinajstić information content (AvgIpc) is 2.81. The number of carbonyl (C=O) groups is 2. The molecule has 1 saturated carbocycles. The topological polar surface area (TPSA) is 58.6 Å². The Balaban J connectivity index is 1.78. The quantitative estimate of drug-likeness (QED) is 0.482. The maximum atomic E-state index is 13.4. The van der Waals surface area contributed by atoms with E-state index in [9.17, 15) is 9.59 Å². The van der Waals surface area contributed by atoms with Crippen molar-refractivity contribution in [1.29, 1.82) is 0 Å². The molecular formula is C28H37ClN2O3. The maximum Gasteiger partial charge on any atom is 0.261 e. The normalized spacial score (nSPS) is 15.0. The summed E-state index contributed by atoms with van der Waals surface area (Å²) in [6.07, 6.45) is 6.06. The third-order valence-electron chi connectivity index (χ3n) is 6.55. The molecule has 6 heteroatoms. The van der Waals surface area contributed by atoms with Crippen LogP contribution in [-0.2, 0) is 16.1 Å². The van der Waals surface area contributed by atoms with Crippen molar-refractivity contribution in [2.75, 3.05) is 6.61 Å². The van der Waals surface area contributed by atoms with Crippen molar-refractivity contribution in [3.05, 3.63) is 63.7 Å². The Morgan fingerprint density at radius 2 is 1.76 bits per heavy atom. The van der Waals surface area contributed by atoms with E-state index in [1.54, 1.807) is 4.90 Å². The van der Waals surface area contributed by atoms with Crippen LogP contribution in [0.5, 0.6) is 5.75 Å². The van der Waals surface area contributed by atoms with Gasteiger partial charge in [-0.15, -0.1) is 0 Å². The lowest BCUT2D eigenvalue weighted by Gasteiger charge is -2.32. The summed E-state index contributed by atoms with van der Waals surface area (Å²) in [4.78, 5) is 28.4. The summed E-state index contributed by atoms with van der Waals surface area (Å²) in [5.41, 5.74) is 3.92. The van der Waals surface area contributed by atoms with E-state index < -0.39 is 6.04 Å². The zero-order chi connectivity index (χ0) is 24.7. The van der Waals surface area contributed by atoms with Crippen molar-refractivity contribution < 1.29 is 14.3 Å². The number of halogens is 1. The largest absolute Gasteiger partial charge is 0.484 e. The molecule has 34 heavy (non-hydrogen) atoms. The number of amides is 2. The lowest BCUT2D eigenvalue weighted by molar-refractivity contribution is -0.143. The van der Waals surface area contributed by atoms with Gasteiger partial charge in [0.1, 0.15) is 11.8 Å². The Labute approximate surface area is 208 Å². The molecule has 1 aliphatic rings. The Morgan fingerprint density at radius 1 is 1.09 bits per heavy atom. The molecule has 0 bridgehead atoms. The van der Waals surface area contributed by atoms with Gasteiger partial charge in [0.15, 0.2) is 6.61 Å². The van der Waals surface area contributed by atoms with Gasteiger partial charge >= 0.3 is 0 Å². The fourth-order valence-electron chi connectivity index (χ4n) is 4.69. The molecule has 0 aliphatic heterocycles. The predicted octanol–water partition coefficient (Wildman–Crippen LogP) is 5.90. The van der Waals surface area contributed by atoms with E-state index in [1.807, 2.05) is 58.0 Å². The number of rotatable bonds is 9. The minimum atomic E-state index is -0.549. The second kappa shape index (κ2) is 12.3. The van der Waals surface area contributed by atoms with Crippen molar-refractivity contribution in [3.8, 4) is 5.75 Å². The lowest BCUT2D eigenvalue weighted by Crippen LogP contribution is -2.52.